The summed E-state index contributed by atoms with van der Waals surface area (Å²) in [6, 6.07) is 16.2. The maximum atomic E-state index is 13.1. The highest BCUT2D eigenvalue weighted by Crippen LogP contribution is 2.42. The van der Waals surface area contributed by atoms with E-state index in [0.29, 0.717) is 55.0 Å². The van der Waals surface area contributed by atoms with Crippen molar-refractivity contribution < 1.29 is 14.3 Å². The van der Waals surface area contributed by atoms with Gasteiger partial charge in [-0.1, -0.05) is 34.1 Å². The van der Waals surface area contributed by atoms with Crippen molar-refractivity contribution in [3.63, 3.8) is 0 Å². The van der Waals surface area contributed by atoms with Crippen molar-refractivity contribution >= 4 is 76.5 Å². The molecule has 0 unspecified atom stereocenters. The predicted molar refractivity (Wildman–Crippen MR) is 155 cm³/mol. The van der Waals surface area contributed by atoms with Crippen LogP contribution in [0.3, 0.4) is 0 Å². The van der Waals surface area contributed by atoms with Crippen LogP contribution in [0.1, 0.15) is 18.3 Å². The van der Waals surface area contributed by atoms with E-state index in [1.807, 2.05) is 31.2 Å². The number of aromatic nitrogens is 2. The number of ether oxygens (including phenoxy) is 2. The highest BCUT2D eigenvalue weighted by Gasteiger charge is 2.18. The van der Waals surface area contributed by atoms with Crippen molar-refractivity contribution in [2.24, 2.45) is 5.10 Å². The third-order valence-corrected chi connectivity index (χ3v) is 7.78. The molecule has 4 aromatic rings. The molecule has 37 heavy (non-hydrogen) atoms. The number of amides is 1. The summed E-state index contributed by atoms with van der Waals surface area (Å²) in [7, 11) is 0. The molecule has 1 amide bonds. The highest BCUT2D eigenvalue weighted by atomic mass is 79.9. The fourth-order valence-corrected chi connectivity index (χ4v) is 4.76. The number of benzene rings is 3. The van der Waals surface area contributed by atoms with E-state index in [0.717, 1.165) is 4.47 Å². The Labute approximate surface area is 238 Å². The number of hydrogen-bond acceptors (Lipinski definition) is 6. The lowest BCUT2D eigenvalue weighted by Gasteiger charge is -2.16. The van der Waals surface area contributed by atoms with Gasteiger partial charge >= 0.3 is 0 Å². The number of carbonyl (C=O) groups is 1. The van der Waals surface area contributed by atoms with Crippen molar-refractivity contribution in [3.8, 4) is 11.5 Å². The second kappa shape index (κ2) is 12.0. The van der Waals surface area contributed by atoms with Crippen LogP contribution in [0.2, 0.25) is 0 Å². The minimum absolute atomic E-state index is 0.222. The molecular weight excluding hydrogens is 672 g/mol. The van der Waals surface area contributed by atoms with Gasteiger partial charge in [0.1, 0.15) is 5.82 Å². The Bertz CT molecular complexity index is 1560. The van der Waals surface area contributed by atoms with Gasteiger partial charge in [0, 0.05) is 20.2 Å². The average Bonchev–Trinajstić information content (AvgIpc) is 2.87. The van der Waals surface area contributed by atoms with E-state index < -0.39 is 0 Å². The minimum Gasteiger partial charge on any atom is -0.490 e. The molecule has 0 aliphatic rings. The van der Waals surface area contributed by atoms with Crippen LogP contribution < -0.4 is 20.3 Å². The summed E-state index contributed by atoms with van der Waals surface area (Å²) >= 11 is 10.5. The molecule has 0 saturated carbocycles. The molecule has 1 heterocycles. The van der Waals surface area contributed by atoms with E-state index in [9.17, 15) is 9.59 Å². The molecule has 3 aromatic carbocycles. The molecule has 11 heteroatoms. The van der Waals surface area contributed by atoms with Gasteiger partial charge in [0.15, 0.2) is 18.1 Å². The maximum absolute atomic E-state index is 13.1. The van der Waals surface area contributed by atoms with Gasteiger partial charge in [-0.3, -0.25) is 9.59 Å². The summed E-state index contributed by atoms with van der Waals surface area (Å²) < 4.78 is 14.8. The van der Waals surface area contributed by atoms with Crippen LogP contribution in [0, 0.1) is 6.92 Å². The molecule has 0 bridgehead atoms. The number of hydrogen-bond donors (Lipinski definition) is 1. The normalized spacial score (nSPS) is 11.2. The molecule has 0 fully saturated rings. The van der Waals surface area contributed by atoms with Crippen molar-refractivity contribution in [2.75, 3.05) is 18.5 Å². The van der Waals surface area contributed by atoms with E-state index in [-0.39, 0.29) is 18.1 Å². The van der Waals surface area contributed by atoms with Crippen molar-refractivity contribution in [2.45, 2.75) is 13.8 Å². The zero-order valence-corrected chi connectivity index (χ0v) is 24.6. The quantitative estimate of drug-likeness (QED) is 0.219. The lowest BCUT2D eigenvalue weighted by Crippen LogP contribution is -2.21. The highest BCUT2D eigenvalue weighted by molar-refractivity contribution is 9.13. The summed E-state index contributed by atoms with van der Waals surface area (Å²) in [5.74, 6) is 0.907. The van der Waals surface area contributed by atoms with E-state index in [1.165, 1.54) is 10.9 Å². The van der Waals surface area contributed by atoms with Gasteiger partial charge < -0.3 is 14.8 Å². The molecule has 4 rings (SSSR count). The van der Waals surface area contributed by atoms with Crippen molar-refractivity contribution in [1.82, 2.24) is 9.66 Å². The number of para-hydroxylation sites is 1. The lowest BCUT2D eigenvalue weighted by molar-refractivity contribution is -0.118. The number of aryl methyl sites for hydroxylation is 1. The molecular formula is C26H21Br3N4O4. The van der Waals surface area contributed by atoms with Gasteiger partial charge in [-0.2, -0.15) is 9.78 Å². The molecule has 0 saturated heterocycles. The zero-order chi connectivity index (χ0) is 26.5. The number of carbonyl (C=O) groups excluding carboxylic acids is 1. The number of fused-ring (bicyclic) bond motifs is 1. The van der Waals surface area contributed by atoms with Gasteiger partial charge in [0.25, 0.3) is 11.5 Å². The third-order valence-electron chi connectivity index (χ3n) is 5.14. The van der Waals surface area contributed by atoms with Gasteiger partial charge in [0.2, 0.25) is 0 Å². The largest absolute Gasteiger partial charge is 0.490 e. The SMILES string of the molecule is CCOc1cc(C=Nn2c(C)nc3ccc(Br)cc3c2=O)c(Br)c(Br)c1OCC(=O)Nc1ccccc1. The fourth-order valence-electron chi connectivity index (χ4n) is 3.47. The third kappa shape index (κ3) is 6.28. The zero-order valence-electron chi connectivity index (χ0n) is 19.8. The summed E-state index contributed by atoms with van der Waals surface area (Å²) in [5, 5.41) is 7.63. The summed E-state index contributed by atoms with van der Waals surface area (Å²) in [4.78, 5) is 29.9. The molecule has 1 aromatic heterocycles. The second-order valence-corrected chi connectivity index (χ2v) is 10.2. The van der Waals surface area contributed by atoms with Crippen LogP contribution >= 0.6 is 47.8 Å². The van der Waals surface area contributed by atoms with Gasteiger partial charge in [0.05, 0.1) is 28.2 Å². The summed E-state index contributed by atoms with van der Waals surface area (Å²) in [6.07, 6.45) is 1.53. The Morgan fingerprint density at radius 2 is 1.84 bits per heavy atom. The lowest BCUT2D eigenvalue weighted by atomic mass is 10.2. The van der Waals surface area contributed by atoms with Crippen LogP contribution in [0.15, 0.2) is 77.9 Å². The Kier molecular flexibility index (Phi) is 8.78. The monoisotopic (exact) mass is 690 g/mol. The van der Waals surface area contributed by atoms with E-state index in [2.05, 4.69) is 63.2 Å². The fraction of sp³-hybridized carbons (Fsp3) is 0.154. The van der Waals surface area contributed by atoms with Crippen LogP contribution in [-0.2, 0) is 4.79 Å². The Morgan fingerprint density at radius 3 is 2.57 bits per heavy atom. The number of rotatable bonds is 8. The molecule has 0 aliphatic carbocycles. The molecule has 0 spiro atoms. The van der Waals surface area contributed by atoms with Gasteiger partial charge in [-0.25, -0.2) is 4.98 Å². The first-order valence-electron chi connectivity index (χ1n) is 11.1. The first-order valence-corrected chi connectivity index (χ1v) is 13.5. The standard InChI is InChI=1S/C26H21Br3N4O4/c1-3-36-21-11-16(13-30-33-15(2)31-20-10-9-17(27)12-19(20)26(33)35)23(28)24(29)25(21)37-14-22(34)32-18-7-5-4-6-8-18/h4-13H,3,14H2,1-2H3,(H,32,34). The molecule has 1 N–H and O–H groups in total. The average molecular weight is 693 g/mol. The van der Waals surface area contributed by atoms with Crippen molar-refractivity contribution in [3.05, 3.63) is 89.8 Å². The van der Waals surface area contributed by atoms with Crippen LogP contribution in [-0.4, -0.2) is 35.0 Å². The van der Waals surface area contributed by atoms with Crippen molar-refractivity contribution in [1.29, 1.82) is 0 Å². The maximum Gasteiger partial charge on any atom is 0.282 e. The number of nitrogens with one attached hydrogen (secondary N) is 1. The first-order chi connectivity index (χ1) is 17.8. The molecule has 0 aliphatic heterocycles. The molecule has 0 radical (unpaired) electrons. The van der Waals surface area contributed by atoms with Crippen LogP contribution in [0.25, 0.3) is 10.9 Å². The summed E-state index contributed by atoms with van der Waals surface area (Å²) in [5.41, 5.74) is 1.60. The van der Waals surface area contributed by atoms with E-state index in [4.69, 9.17) is 9.47 Å². The first kappa shape index (κ1) is 27.0. The van der Waals surface area contributed by atoms with E-state index >= 15 is 0 Å². The van der Waals surface area contributed by atoms with E-state index in [1.54, 1.807) is 37.3 Å². The second-order valence-electron chi connectivity index (χ2n) is 7.74. The Hall–Kier alpha value is -3.02. The predicted octanol–water partition coefficient (Wildman–Crippen LogP) is 6.29. The topological polar surface area (TPSA) is 94.8 Å². The summed E-state index contributed by atoms with van der Waals surface area (Å²) in [6.45, 7) is 3.71. The van der Waals surface area contributed by atoms with Gasteiger partial charge in [-0.15, -0.1) is 0 Å². The Morgan fingerprint density at radius 1 is 1.08 bits per heavy atom. The van der Waals surface area contributed by atoms with Crippen LogP contribution in [0.5, 0.6) is 11.5 Å². The number of halogens is 3. The van der Waals surface area contributed by atoms with Gasteiger partial charge in [-0.05, 0) is 82.1 Å². The number of anilines is 1. The molecule has 190 valence electrons. The minimum atomic E-state index is -0.312. The smallest absolute Gasteiger partial charge is 0.282 e. The Balaban J connectivity index is 1.63. The number of nitrogens with zero attached hydrogens (tertiary/aromatic N) is 3. The molecule has 8 nitrogen and oxygen atoms in total. The van der Waals surface area contributed by atoms with Crippen LogP contribution in [0.4, 0.5) is 5.69 Å². The molecule has 0 atom stereocenters.